The predicted octanol–water partition coefficient (Wildman–Crippen LogP) is -2.69. The molecule has 9 heteroatoms. The summed E-state index contributed by atoms with van der Waals surface area (Å²) in [6, 6.07) is -1.34. The molecule has 0 spiro atoms. The van der Waals surface area contributed by atoms with Crippen LogP contribution in [0.2, 0.25) is 0 Å². The van der Waals surface area contributed by atoms with Crippen LogP contribution in [0.3, 0.4) is 0 Å². The van der Waals surface area contributed by atoms with Gasteiger partial charge in [0.1, 0.15) is 6.04 Å². The average Bonchev–Trinajstić information content (AvgIpc) is 2.21. The van der Waals surface area contributed by atoms with E-state index in [0.29, 0.717) is 6.42 Å². The summed E-state index contributed by atoms with van der Waals surface area (Å²) in [6.07, 6.45) is 0.345. The minimum Gasteiger partial charge on any atom is -0.396 e. The summed E-state index contributed by atoms with van der Waals surface area (Å²) >= 11 is 0. The van der Waals surface area contributed by atoms with Crippen molar-refractivity contribution in [3.8, 4) is 0 Å². The Kier molecular flexibility index (Phi) is 7.23. The van der Waals surface area contributed by atoms with Gasteiger partial charge in [-0.25, -0.2) is 0 Å². The lowest BCUT2D eigenvalue weighted by Gasteiger charge is -2.13. The van der Waals surface area contributed by atoms with Gasteiger partial charge in [0, 0.05) is 25.7 Å². The molecule has 0 saturated heterocycles. The lowest BCUT2D eigenvalue weighted by atomic mass is 10.1. The van der Waals surface area contributed by atoms with Gasteiger partial charge >= 0.3 is 0 Å². The number of rotatable bonds is 8. The molecule has 0 aromatic heterocycles. The van der Waals surface area contributed by atoms with Gasteiger partial charge in [0.05, 0.1) is 5.75 Å². The Bertz CT molecular complexity index is 327. The smallest absolute Gasteiger partial charge is 0.266 e. The van der Waals surface area contributed by atoms with Gasteiger partial charge in [-0.2, -0.15) is 8.42 Å². The second-order valence-electron chi connectivity index (χ2n) is 3.67. The maximum Gasteiger partial charge on any atom is 0.266 e. The molecule has 0 aliphatic carbocycles. The normalized spacial score (nSPS) is 13.7. The zero-order valence-electron chi connectivity index (χ0n) is 9.24. The Labute approximate surface area is 99.6 Å². The molecule has 102 valence electrons. The number of aliphatic hydroxyl groups is 2. The second-order valence-corrected chi connectivity index (χ2v) is 5.16. The van der Waals surface area contributed by atoms with Crippen LogP contribution < -0.4 is 11.1 Å². The molecule has 0 rings (SSSR count). The van der Waals surface area contributed by atoms with Crippen LogP contribution in [0.1, 0.15) is 6.42 Å². The van der Waals surface area contributed by atoms with Gasteiger partial charge < -0.3 is 21.3 Å². The van der Waals surface area contributed by atoms with Crippen LogP contribution in [0.4, 0.5) is 0 Å². The molecule has 6 N–H and O–H groups in total. The lowest BCUT2D eigenvalue weighted by molar-refractivity contribution is -0.122. The van der Waals surface area contributed by atoms with Crippen molar-refractivity contribution >= 4 is 16.0 Å². The minimum absolute atomic E-state index is 0.157. The molecule has 0 radical (unpaired) electrons. The largest absolute Gasteiger partial charge is 0.396 e. The average molecular weight is 270 g/mol. The van der Waals surface area contributed by atoms with Crippen LogP contribution in [-0.2, 0) is 14.9 Å². The van der Waals surface area contributed by atoms with Gasteiger partial charge in [-0.3, -0.25) is 9.35 Å². The van der Waals surface area contributed by atoms with Gasteiger partial charge in [-0.15, -0.1) is 0 Å². The summed E-state index contributed by atoms with van der Waals surface area (Å²) in [5.41, 5.74) is 5.24. The molecule has 17 heavy (non-hydrogen) atoms. The highest BCUT2D eigenvalue weighted by molar-refractivity contribution is 7.85. The predicted molar refractivity (Wildman–Crippen MR) is 59.7 cm³/mol. The Morgan fingerprint density at radius 1 is 1.29 bits per heavy atom. The highest BCUT2D eigenvalue weighted by atomic mass is 32.2. The highest BCUT2D eigenvalue weighted by Gasteiger charge is 2.20. The first-order chi connectivity index (χ1) is 7.80. The first-order valence-electron chi connectivity index (χ1n) is 5.00. The Morgan fingerprint density at radius 2 is 1.82 bits per heavy atom. The molecule has 0 aliphatic rings. The van der Waals surface area contributed by atoms with E-state index >= 15 is 0 Å². The number of nitrogens with one attached hydrogen (secondary N) is 1. The van der Waals surface area contributed by atoms with Gasteiger partial charge in [0.25, 0.3) is 10.1 Å². The zero-order chi connectivity index (χ0) is 13.5. The molecule has 0 aromatic carbocycles. The zero-order valence-corrected chi connectivity index (χ0v) is 10.1. The van der Waals surface area contributed by atoms with E-state index in [9.17, 15) is 13.2 Å². The Morgan fingerprint density at radius 3 is 2.24 bits per heavy atom. The van der Waals surface area contributed by atoms with E-state index in [2.05, 4.69) is 5.32 Å². The number of carbonyl (C=O) groups is 1. The molecule has 0 aromatic rings. The molecule has 1 atom stereocenters. The summed E-state index contributed by atoms with van der Waals surface area (Å²) in [5, 5.41) is 19.8. The third-order valence-electron chi connectivity index (χ3n) is 2.10. The van der Waals surface area contributed by atoms with Crippen LogP contribution in [0, 0.1) is 5.92 Å². The number of hydrogen-bond donors (Lipinski definition) is 5. The van der Waals surface area contributed by atoms with E-state index in [0.717, 1.165) is 0 Å². The van der Waals surface area contributed by atoms with E-state index in [4.69, 9.17) is 20.5 Å². The topological polar surface area (TPSA) is 150 Å². The summed E-state index contributed by atoms with van der Waals surface area (Å²) in [4.78, 5) is 11.2. The third-order valence-corrected chi connectivity index (χ3v) is 2.88. The van der Waals surface area contributed by atoms with Crippen molar-refractivity contribution in [2.75, 3.05) is 25.5 Å². The first-order valence-corrected chi connectivity index (χ1v) is 6.61. The molecule has 8 nitrogen and oxygen atoms in total. The standard InChI is InChI=1S/C8H18N2O6S/c9-7(5-17(14,15)16)8(13)10-2-1-6(3-11)4-12/h6-7,11-12H,1-5,9H2,(H,10,13)(H,14,15,16). The quantitative estimate of drug-likeness (QED) is 0.301. The van der Waals surface area contributed by atoms with E-state index in [1.165, 1.54) is 0 Å². The van der Waals surface area contributed by atoms with Crippen molar-refractivity contribution < 1.29 is 28.0 Å². The fourth-order valence-electron chi connectivity index (χ4n) is 1.07. The molecule has 1 unspecified atom stereocenters. The molecular weight excluding hydrogens is 252 g/mol. The number of hydrogen-bond acceptors (Lipinski definition) is 6. The highest BCUT2D eigenvalue weighted by Crippen LogP contribution is 1.98. The lowest BCUT2D eigenvalue weighted by Crippen LogP contribution is -2.45. The summed E-state index contributed by atoms with van der Waals surface area (Å²) in [6.45, 7) is -0.253. The number of amides is 1. The van der Waals surface area contributed by atoms with Crippen molar-refractivity contribution in [3.63, 3.8) is 0 Å². The van der Waals surface area contributed by atoms with E-state index in [-0.39, 0.29) is 25.7 Å². The van der Waals surface area contributed by atoms with Crippen molar-refractivity contribution in [2.45, 2.75) is 12.5 Å². The van der Waals surface area contributed by atoms with Crippen molar-refractivity contribution in [3.05, 3.63) is 0 Å². The molecule has 0 heterocycles. The first kappa shape index (κ1) is 16.3. The molecule has 0 fully saturated rings. The third kappa shape index (κ3) is 8.05. The van der Waals surface area contributed by atoms with E-state index < -0.39 is 27.8 Å². The minimum atomic E-state index is -4.28. The fraction of sp³-hybridized carbons (Fsp3) is 0.875. The summed E-state index contributed by atoms with van der Waals surface area (Å²) in [5.74, 6) is -1.90. The van der Waals surface area contributed by atoms with Crippen LogP contribution in [-0.4, -0.2) is 60.6 Å². The van der Waals surface area contributed by atoms with E-state index in [1.54, 1.807) is 0 Å². The molecule has 0 aliphatic heterocycles. The van der Waals surface area contributed by atoms with Crippen LogP contribution >= 0.6 is 0 Å². The maximum atomic E-state index is 11.2. The van der Waals surface area contributed by atoms with E-state index in [1.807, 2.05) is 0 Å². The molecule has 0 bridgehead atoms. The van der Waals surface area contributed by atoms with Gasteiger partial charge in [-0.05, 0) is 6.42 Å². The van der Waals surface area contributed by atoms with Crippen molar-refractivity contribution in [1.29, 1.82) is 0 Å². The fourth-order valence-corrected chi connectivity index (χ4v) is 1.68. The summed E-state index contributed by atoms with van der Waals surface area (Å²) < 4.78 is 29.4. The Hall–Kier alpha value is -0.740. The van der Waals surface area contributed by atoms with Gasteiger partial charge in [0.15, 0.2) is 0 Å². The monoisotopic (exact) mass is 270 g/mol. The number of carbonyl (C=O) groups excluding carboxylic acids is 1. The summed E-state index contributed by atoms with van der Waals surface area (Å²) in [7, 11) is -4.28. The number of aliphatic hydroxyl groups excluding tert-OH is 2. The van der Waals surface area contributed by atoms with Gasteiger partial charge in [-0.1, -0.05) is 0 Å². The van der Waals surface area contributed by atoms with Crippen LogP contribution in [0.25, 0.3) is 0 Å². The second kappa shape index (κ2) is 7.56. The van der Waals surface area contributed by atoms with Crippen LogP contribution in [0.15, 0.2) is 0 Å². The molecular formula is C8H18N2O6S. The number of nitrogens with two attached hydrogens (primary N) is 1. The van der Waals surface area contributed by atoms with Crippen molar-refractivity contribution in [1.82, 2.24) is 5.32 Å². The SMILES string of the molecule is NC(CS(=O)(=O)O)C(=O)NCCC(CO)CO. The Balaban J connectivity index is 3.94. The molecule has 0 saturated carbocycles. The molecule has 1 amide bonds. The van der Waals surface area contributed by atoms with Crippen LogP contribution in [0.5, 0.6) is 0 Å². The maximum absolute atomic E-state index is 11.2. The van der Waals surface area contributed by atoms with Crippen molar-refractivity contribution in [2.24, 2.45) is 11.7 Å². The van der Waals surface area contributed by atoms with Gasteiger partial charge in [0.2, 0.25) is 5.91 Å².